The first kappa shape index (κ1) is 24.7. The molecular weight excluding hydrogens is 471 g/mol. The smallest absolute Gasteiger partial charge is 0.229 e. The largest absolute Gasteiger partial charge is 0.476 e. The minimum Gasteiger partial charge on any atom is -0.476 e. The van der Waals surface area contributed by atoms with Crippen molar-refractivity contribution in [2.24, 2.45) is 0 Å². The predicted molar refractivity (Wildman–Crippen MR) is 133 cm³/mol. The van der Waals surface area contributed by atoms with E-state index in [-0.39, 0.29) is 28.9 Å². The molecule has 4 rings (SSSR count). The van der Waals surface area contributed by atoms with Gasteiger partial charge in [-0.1, -0.05) is 23.7 Å². The number of halogens is 2. The van der Waals surface area contributed by atoms with Crippen molar-refractivity contribution in [3.8, 4) is 11.8 Å². The van der Waals surface area contributed by atoms with Crippen LogP contribution in [-0.2, 0) is 17.6 Å². The first-order valence-corrected chi connectivity index (χ1v) is 11.6. The number of methoxy groups -OCH3 is 1. The van der Waals surface area contributed by atoms with E-state index in [1.807, 2.05) is 12.1 Å². The molecule has 182 valence electrons. The zero-order valence-electron chi connectivity index (χ0n) is 19.4. The van der Waals surface area contributed by atoms with Crippen LogP contribution in [0.3, 0.4) is 0 Å². The third-order valence-electron chi connectivity index (χ3n) is 5.72. The lowest BCUT2D eigenvalue weighted by Crippen LogP contribution is -2.29. The summed E-state index contributed by atoms with van der Waals surface area (Å²) in [6.45, 7) is 3.42. The molecule has 2 aromatic carbocycles. The number of hydrogen-bond acceptors (Lipinski definition) is 8. The summed E-state index contributed by atoms with van der Waals surface area (Å²) >= 11 is 6.28. The molecule has 0 radical (unpaired) electrons. The normalized spacial score (nSPS) is 13.4. The van der Waals surface area contributed by atoms with Crippen LogP contribution in [0.1, 0.15) is 11.1 Å². The Kier molecular flexibility index (Phi) is 8.32. The number of fused-ring (bicyclic) bond motifs is 1. The van der Waals surface area contributed by atoms with Gasteiger partial charge >= 0.3 is 0 Å². The number of aromatic nitrogens is 2. The summed E-state index contributed by atoms with van der Waals surface area (Å²) in [7, 11) is 1.72. The molecule has 1 aliphatic rings. The van der Waals surface area contributed by atoms with E-state index in [0.717, 1.165) is 44.8 Å². The predicted octanol–water partition coefficient (Wildman–Crippen LogP) is 4.71. The number of benzene rings is 2. The van der Waals surface area contributed by atoms with Gasteiger partial charge in [-0.05, 0) is 48.2 Å². The Balaban J connectivity index is 1.50. The van der Waals surface area contributed by atoms with E-state index in [1.165, 1.54) is 29.5 Å². The maximum absolute atomic E-state index is 14.5. The lowest BCUT2D eigenvalue weighted by atomic mass is 10.0. The number of ether oxygens (including phenoxy) is 2. The molecule has 0 saturated carbocycles. The van der Waals surface area contributed by atoms with Crippen LogP contribution in [0.4, 0.5) is 27.5 Å². The van der Waals surface area contributed by atoms with Crippen molar-refractivity contribution in [1.29, 1.82) is 5.26 Å². The van der Waals surface area contributed by atoms with Crippen molar-refractivity contribution in [3.05, 3.63) is 64.6 Å². The second kappa shape index (κ2) is 11.8. The molecule has 10 heteroatoms. The quantitative estimate of drug-likeness (QED) is 0.440. The molecule has 1 aromatic heterocycles. The molecule has 0 bridgehead atoms. The van der Waals surface area contributed by atoms with Crippen LogP contribution in [0.2, 0.25) is 5.02 Å². The Labute approximate surface area is 208 Å². The summed E-state index contributed by atoms with van der Waals surface area (Å²) in [6, 6.07) is 12.4. The number of hydrogen-bond donors (Lipinski definition) is 2. The summed E-state index contributed by atoms with van der Waals surface area (Å²) in [4.78, 5) is 11.1. The topological polar surface area (TPSA) is 95.3 Å². The number of anilines is 4. The van der Waals surface area contributed by atoms with Gasteiger partial charge in [0.1, 0.15) is 22.5 Å². The van der Waals surface area contributed by atoms with E-state index in [0.29, 0.717) is 5.95 Å². The molecule has 1 aliphatic heterocycles. The number of nitriles is 1. The van der Waals surface area contributed by atoms with Crippen LogP contribution < -0.4 is 15.4 Å². The van der Waals surface area contributed by atoms with Crippen LogP contribution in [0.25, 0.3) is 0 Å². The summed E-state index contributed by atoms with van der Waals surface area (Å²) in [5, 5.41) is 15.1. The third kappa shape index (κ3) is 6.36. The van der Waals surface area contributed by atoms with Crippen molar-refractivity contribution in [2.45, 2.75) is 12.8 Å². The average molecular weight is 497 g/mol. The highest BCUT2D eigenvalue weighted by molar-refractivity contribution is 6.32. The second-order valence-corrected chi connectivity index (χ2v) is 8.43. The maximum atomic E-state index is 14.5. The fourth-order valence-corrected chi connectivity index (χ4v) is 4.05. The van der Waals surface area contributed by atoms with Crippen molar-refractivity contribution < 1.29 is 13.9 Å². The maximum Gasteiger partial charge on any atom is 0.229 e. The Morgan fingerprint density at radius 2 is 2.00 bits per heavy atom. The van der Waals surface area contributed by atoms with Gasteiger partial charge in [0.25, 0.3) is 0 Å². The summed E-state index contributed by atoms with van der Waals surface area (Å²) in [5.74, 6) is 0.138. The molecule has 0 amide bonds. The van der Waals surface area contributed by atoms with Gasteiger partial charge in [0.05, 0.1) is 12.8 Å². The highest BCUT2D eigenvalue weighted by atomic mass is 35.5. The van der Waals surface area contributed by atoms with E-state index < -0.39 is 5.82 Å². The van der Waals surface area contributed by atoms with E-state index in [1.54, 1.807) is 13.2 Å². The standard InChI is InChI=1S/C25H26ClFN6O2/c1-34-14-12-33-10-7-17-5-6-19(15-18(17)8-11-33)30-25-29-16-20(26)24(32-25)31-23-21(27)3-2-4-22(23)35-13-9-28/h2-6,15-16H,7-8,10-14H2,1H3,(H2,29,30,31,32). The van der Waals surface area contributed by atoms with Crippen molar-refractivity contribution in [3.63, 3.8) is 0 Å². The van der Waals surface area contributed by atoms with Gasteiger partial charge in [-0.25, -0.2) is 9.37 Å². The molecule has 3 aromatic rings. The second-order valence-electron chi connectivity index (χ2n) is 8.02. The van der Waals surface area contributed by atoms with Gasteiger partial charge in [-0.3, -0.25) is 0 Å². The van der Waals surface area contributed by atoms with Gasteiger partial charge in [-0.15, -0.1) is 0 Å². The van der Waals surface area contributed by atoms with E-state index in [9.17, 15) is 4.39 Å². The molecule has 0 spiro atoms. The summed E-state index contributed by atoms with van der Waals surface area (Å²) < 4.78 is 25.0. The van der Waals surface area contributed by atoms with Gasteiger partial charge in [-0.2, -0.15) is 10.2 Å². The number of nitrogens with one attached hydrogen (secondary N) is 2. The molecule has 2 heterocycles. The third-order valence-corrected chi connectivity index (χ3v) is 6.00. The lowest BCUT2D eigenvalue weighted by Gasteiger charge is -2.18. The summed E-state index contributed by atoms with van der Waals surface area (Å²) in [6.07, 6.45) is 3.37. The molecule has 2 N–H and O–H groups in total. The molecule has 0 saturated heterocycles. The monoisotopic (exact) mass is 496 g/mol. The lowest BCUT2D eigenvalue weighted by molar-refractivity contribution is 0.150. The van der Waals surface area contributed by atoms with E-state index in [2.05, 4.69) is 37.6 Å². The molecule has 0 fully saturated rings. The molecule has 0 unspecified atom stereocenters. The summed E-state index contributed by atoms with van der Waals surface area (Å²) in [5.41, 5.74) is 3.51. The highest BCUT2D eigenvalue weighted by Crippen LogP contribution is 2.33. The van der Waals surface area contributed by atoms with Crippen LogP contribution >= 0.6 is 11.6 Å². The van der Waals surface area contributed by atoms with Crippen molar-refractivity contribution in [1.82, 2.24) is 14.9 Å². The fraction of sp³-hybridized carbons (Fsp3) is 0.320. The van der Waals surface area contributed by atoms with Gasteiger partial charge < -0.3 is 25.0 Å². The SMILES string of the molecule is COCCN1CCc2ccc(Nc3ncc(Cl)c(Nc4c(F)cccc4OCC#N)n3)cc2CC1. The minimum absolute atomic E-state index is 0.0392. The Morgan fingerprint density at radius 1 is 1.17 bits per heavy atom. The van der Waals surface area contributed by atoms with Gasteiger partial charge in [0.15, 0.2) is 18.2 Å². The van der Waals surface area contributed by atoms with Crippen molar-refractivity contribution in [2.75, 3.05) is 50.6 Å². The highest BCUT2D eigenvalue weighted by Gasteiger charge is 2.16. The molecule has 0 atom stereocenters. The zero-order chi connectivity index (χ0) is 24.6. The molecule has 8 nitrogen and oxygen atoms in total. The zero-order valence-corrected chi connectivity index (χ0v) is 20.1. The fourth-order valence-electron chi connectivity index (χ4n) is 3.91. The Bertz CT molecular complexity index is 1220. The van der Waals surface area contributed by atoms with E-state index in [4.69, 9.17) is 26.3 Å². The first-order chi connectivity index (χ1) is 17.1. The number of nitrogens with zero attached hydrogens (tertiary/aromatic N) is 4. The average Bonchev–Trinajstić information content (AvgIpc) is 3.07. The van der Waals surface area contributed by atoms with Gasteiger partial charge in [0, 0.05) is 32.4 Å². The molecule has 35 heavy (non-hydrogen) atoms. The minimum atomic E-state index is -0.560. The molecular formula is C25H26ClFN6O2. The van der Waals surface area contributed by atoms with Crippen LogP contribution in [0.15, 0.2) is 42.6 Å². The van der Waals surface area contributed by atoms with Crippen LogP contribution in [0.5, 0.6) is 5.75 Å². The van der Waals surface area contributed by atoms with Crippen LogP contribution in [-0.4, -0.2) is 54.8 Å². The van der Waals surface area contributed by atoms with E-state index >= 15 is 0 Å². The number of para-hydroxylation sites is 1. The van der Waals surface area contributed by atoms with Crippen LogP contribution in [0, 0.1) is 17.1 Å². The Hall–Kier alpha value is -3.45. The van der Waals surface area contributed by atoms with Gasteiger partial charge in [0.2, 0.25) is 5.95 Å². The first-order valence-electron chi connectivity index (χ1n) is 11.3. The van der Waals surface area contributed by atoms with Crippen molar-refractivity contribution >= 4 is 34.7 Å². The molecule has 0 aliphatic carbocycles. The Morgan fingerprint density at radius 3 is 2.80 bits per heavy atom. The number of rotatable bonds is 9.